The number of imide groups is 2. The summed E-state index contributed by atoms with van der Waals surface area (Å²) in [4.78, 5) is 39.0. The van der Waals surface area contributed by atoms with Crippen LogP contribution in [0.5, 0.6) is 0 Å². The quantitative estimate of drug-likeness (QED) is 0.816. The van der Waals surface area contributed by atoms with Crippen molar-refractivity contribution in [3.63, 3.8) is 0 Å². The maximum absolute atomic E-state index is 12.6. The molecular weight excluding hydrogens is 292 g/mol. The number of rotatable bonds is 4. The van der Waals surface area contributed by atoms with Crippen LogP contribution in [0.3, 0.4) is 0 Å². The van der Waals surface area contributed by atoms with Crippen molar-refractivity contribution < 1.29 is 14.4 Å². The molecule has 3 rings (SSSR count). The third-order valence-corrected chi connectivity index (χ3v) is 3.73. The molecule has 1 heterocycles. The van der Waals surface area contributed by atoms with E-state index >= 15 is 0 Å². The summed E-state index contributed by atoms with van der Waals surface area (Å²) in [5.41, 5.74) is 1.70. The predicted molar refractivity (Wildman–Crippen MR) is 84.0 cm³/mol. The summed E-state index contributed by atoms with van der Waals surface area (Å²) in [5, 5.41) is 0. The second-order valence-electron chi connectivity index (χ2n) is 5.39. The van der Waals surface area contributed by atoms with Crippen LogP contribution < -0.4 is 0 Å². The fraction of sp³-hybridized carbons (Fsp3) is 0.167. The van der Waals surface area contributed by atoms with E-state index in [0.29, 0.717) is 0 Å². The Morgan fingerprint density at radius 3 is 1.43 bits per heavy atom. The molecule has 0 unspecified atom stereocenters. The smallest absolute Gasteiger partial charge is 0.274 e. The van der Waals surface area contributed by atoms with Gasteiger partial charge in [-0.15, -0.1) is 0 Å². The number of hydrogen-bond acceptors (Lipinski definition) is 3. The number of carbonyl (C=O) groups is 3. The molecule has 1 aliphatic rings. The Hall–Kier alpha value is -2.95. The lowest BCUT2D eigenvalue weighted by atomic mass is 10.1. The third kappa shape index (κ3) is 3.29. The number of urea groups is 1. The van der Waals surface area contributed by atoms with Crippen LogP contribution in [0.4, 0.5) is 4.79 Å². The standard InChI is InChI=1S/C18H16N2O3/c21-16-11-17(22)20(13-15-9-5-2-6-10-15)18(23)19(16)12-14-7-3-1-4-8-14/h1-10H,11-13H2. The average Bonchev–Trinajstić information content (AvgIpc) is 2.57. The predicted octanol–water partition coefficient (Wildman–Crippen LogP) is 2.57. The van der Waals surface area contributed by atoms with Crippen molar-refractivity contribution in [1.29, 1.82) is 0 Å². The summed E-state index contributed by atoms with van der Waals surface area (Å²) in [6.45, 7) is 0.355. The molecule has 0 N–H and O–H groups in total. The number of barbiturate groups is 1. The number of hydrogen-bond donors (Lipinski definition) is 0. The Morgan fingerprint density at radius 2 is 1.04 bits per heavy atom. The second-order valence-corrected chi connectivity index (χ2v) is 5.39. The fourth-order valence-electron chi connectivity index (χ4n) is 2.52. The van der Waals surface area contributed by atoms with Crippen molar-refractivity contribution in [2.45, 2.75) is 19.5 Å². The molecule has 1 saturated heterocycles. The van der Waals surface area contributed by atoms with Gasteiger partial charge in [0, 0.05) is 0 Å². The molecule has 0 aromatic heterocycles. The first-order valence-corrected chi connectivity index (χ1v) is 7.37. The Balaban J connectivity index is 1.80. The normalized spacial score (nSPS) is 15.2. The van der Waals surface area contributed by atoms with E-state index in [9.17, 15) is 14.4 Å². The second kappa shape index (κ2) is 6.44. The van der Waals surface area contributed by atoms with Crippen molar-refractivity contribution >= 4 is 17.8 Å². The van der Waals surface area contributed by atoms with Gasteiger partial charge in [-0.2, -0.15) is 0 Å². The van der Waals surface area contributed by atoms with Crippen LogP contribution in [0.1, 0.15) is 17.5 Å². The summed E-state index contributed by atoms with van der Waals surface area (Å²) >= 11 is 0. The van der Waals surface area contributed by atoms with Crippen molar-refractivity contribution in [3.05, 3.63) is 71.8 Å². The van der Waals surface area contributed by atoms with E-state index in [1.54, 1.807) is 0 Å². The van der Waals surface area contributed by atoms with Gasteiger partial charge < -0.3 is 0 Å². The Bertz CT molecular complexity index is 667. The number of amides is 4. The van der Waals surface area contributed by atoms with E-state index in [1.165, 1.54) is 0 Å². The molecule has 2 aromatic rings. The number of benzene rings is 2. The number of nitrogens with zero attached hydrogens (tertiary/aromatic N) is 2. The van der Waals surface area contributed by atoms with Gasteiger partial charge in [-0.3, -0.25) is 19.4 Å². The van der Waals surface area contributed by atoms with Gasteiger partial charge in [-0.05, 0) is 11.1 Å². The zero-order chi connectivity index (χ0) is 16.2. The van der Waals surface area contributed by atoms with Crippen LogP contribution in [0.25, 0.3) is 0 Å². The highest BCUT2D eigenvalue weighted by atomic mass is 16.2. The van der Waals surface area contributed by atoms with E-state index < -0.39 is 17.8 Å². The van der Waals surface area contributed by atoms with E-state index in [0.717, 1.165) is 20.9 Å². The fourth-order valence-corrected chi connectivity index (χ4v) is 2.52. The first-order valence-electron chi connectivity index (χ1n) is 7.37. The maximum atomic E-state index is 12.6. The van der Waals surface area contributed by atoms with Crippen LogP contribution >= 0.6 is 0 Å². The molecule has 0 radical (unpaired) electrons. The lowest BCUT2D eigenvalue weighted by molar-refractivity contribution is -0.143. The summed E-state index contributed by atoms with van der Waals surface area (Å²) < 4.78 is 0. The monoisotopic (exact) mass is 308 g/mol. The summed E-state index contributed by atoms with van der Waals surface area (Å²) in [6, 6.07) is 18.0. The first-order chi connectivity index (χ1) is 11.1. The van der Waals surface area contributed by atoms with Crippen LogP contribution in [0.2, 0.25) is 0 Å². The Kier molecular flexibility index (Phi) is 4.19. The average molecular weight is 308 g/mol. The molecule has 5 heteroatoms. The molecule has 0 saturated carbocycles. The Labute approximate surface area is 134 Å². The number of carbonyl (C=O) groups excluding carboxylic acids is 3. The lowest BCUT2D eigenvalue weighted by Gasteiger charge is -2.32. The van der Waals surface area contributed by atoms with Gasteiger partial charge in [0.15, 0.2) is 0 Å². The molecule has 0 bridgehead atoms. The first kappa shape index (κ1) is 15.0. The molecular formula is C18H16N2O3. The van der Waals surface area contributed by atoms with Crippen LogP contribution in [0, 0.1) is 0 Å². The molecule has 4 amide bonds. The van der Waals surface area contributed by atoms with Crippen molar-refractivity contribution in [2.75, 3.05) is 0 Å². The molecule has 5 nitrogen and oxygen atoms in total. The highest BCUT2D eigenvalue weighted by Gasteiger charge is 2.37. The van der Waals surface area contributed by atoms with Gasteiger partial charge in [-0.25, -0.2) is 4.79 Å². The molecule has 23 heavy (non-hydrogen) atoms. The van der Waals surface area contributed by atoms with E-state index in [-0.39, 0.29) is 19.5 Å². The highest BCUT2D eigenvalue weighted by molar-refractivity contribution is 6.13. The van der Waals surface area contributed by atoms with Crippen molar-refractivity contribution in [1.82, 2.24) is 9.80 Å². The Morgan fingerprint density at radius 1 is 0.652 bits per heavy atom. The summed E-state index contributed by atoms with van der Waals surface area (Å²) in [5.74, 6) is -0.902. The van der Waals surface area contributed by atoms with Crippen LogP contribution in [0.15, 0.2) is 60.7 Å². The summed E-state index contributed by atoms with van der Waals surface area (Å²) in [6.07, 6.45) is -0.272. The minimum absolute atomic E-state index is 0.178. The largest absolute Gasteiger partial charge is 0.334 e. The maximum Gasteiger partial charge on any atom is 0.334 e. The molecule has 0 aliphatic carbocycles. The SMILES string of the molecule is O=C1CC(=O)N(Cc2ccccc2)C(=O)N1Cc1ccccc1. The van der Waals surface area contributed by atoms with E-state index in [1.807, 2.05) is 60.7 Å². The van der Waals surface area contributed by atoms with Gasteiger partial charge in [0.2, 0.25) is 11.8 Å². The van der Waals surface area contributed by atoms with E-state index in [4.69, 9.17) is 0 Å². The minimum atomic E-state index is -0.557. The molecule has 1 fully saturated rings. The molecule has 0 spiro atoms. The molecule has 116 valence electrons. The van der Waals surface area contributed by atoms with Gasteiger partial charge in [0.25, 0.3) is 0 Å². The van der Waals surface area contributed by atoms with E-state index in [2.05, 4.69) is 0 Å². The third-order valence-electron chi connectivity index (χ3n) is 3.73. The van der Waals surface area contributed by atoms with Gasteiger partial charge in [0.1, 0.15) is 6.42 Å². The summed E-state index contributed by atoms with van der Waals surface area (Å²) in [7, 11) is 0. The topological polar surface area (TPSA) is 57.7 Å². The minimum Gasteiger partial charge on any atom is -0.274 e. The molecule has 0 atom stereocenters. The van der Waals surface area contributed by atoms with Crippen LogP contribution in [-0.2, 0) is 22.7 Å². The highest BCUT2D eigenvalue weighted by Crippen LogP contribution is 2.18. The zero-order valence-corrected chi connectivity index (χ0v) is 12.5. The lowest BCUT2D eigenvalue weighted by Crippen LogP contribution is -2.54. The van der Waals surface area contributed by atoms with Gasteiger partial charge >= 0.3 is 6.03 Å². The van der Waals surface area contributed by atoms with Crippen LogP contribution in [-0.4, -0.2) is 27.6 Å². The molecule has 1 aliphatic heterocycles. The van der Waals surface area contributed by atoms with Crippen molar-refractivity contribution in [2.24, 2.45) is 0 Å². The van der Waals surface area contributed by atoms with Gasteiger partial charge in [0.05, 0.1) is 13.1 Å². The zero-order valence-electron chi connectivity index (χ0n) is 12.5. The van der Waals surface area contributed by atoms with Crippen molar-refractivity contribution in [3.8, 4) is 0 Å². The molecule has 2 aromatic carbocycles. The van der Waals surface area contributed by atoms with Gasteiger partial charge in [-0.1, -0.05) is 60.7 Å².